The van der Waals surface area contributed by atoms with Gasteiger partial charge >= 0.3 is 5.97 Å². The molecule has 22 heavy (non-hydrogen) atoms. The van der Waals surface area contributed by atoms with Crippen molar-refractivity contribution in [2.75, 3.05) is 6.54 Å². The zero-order valence-electron chi connectivity index (χ0n) is 12.7. The number of rotatable bonds is 9. The van der Waals surface area contributed by atoms with Crippen LogP contribution >= 0.6 is 8.03 Å². The van der Waals surface area contributed by atoms with Gasteiger partial charge in [0.2, 0.25) is 0 Å². The number of nitrogens with two attached hydrogens (primary N) is 1. The average Bonchev–Trinajstić information content (AvgIpc) is 2.50. The van der Waals surface area contributed by atoms with Gasteiger partial charge in [0.1, 0.15) is 0 Å². The van der Waals surface area contributed by atoms with Gasteiger partial charge in [0.05, 0.1) is 11.1 Å². The van der Waals surface area contributed by atoms with Crippen molar-refractivity contribution in [3.8, 4) is 0 Å². The van der Waals surface area contributed by atoms with Gasteiger partial charge in [0.15, 0.2) is 8.03 Å². The van der Waals surface area contributed by atoms with Crippen LogP contribution in [-0.2, 0) is 15.8 Å². The Kier molecular flexibility index (Phi) is 7.52. The third kappa shape index (κ3) is 4.80. The predicted octanol–water partition coefficient (Wildman–Crippen LogP) is 2.45. The van der Waals surface area contributed by atoms with Crippen molar-refractivity contribution in [3.05, 3.63) is 48.0 Å². The third-order valence-electron chi connectivity index (χ3n) is 4.06. The Morgan fingerprint density at radius 2 is 2.00 bits per heavy atom. The molecule has 0 bridgehead atoms. The summed E-state index contributed by atoms with van der Waals surface area (Å²) in [6.45, 7) is 1.66. The molecule has 0 aliphatic rings. The lowest BCUT2D eigenvalue weighted by Crippen LogP contribution is -2.39. The van der Waals surface area contributed by atoms with Gasteiger partial charge in [-0.05, 0) is 31.4 Å². The van der Waals surface area contributed by atoms with E-state index in [2.05, 4.69) is 0 Å². The second-order valence-electron chi connectivity index (χ2n) is 5.43. The van der Waals surface area contributed by atoms with Crippen LogP contribution in [0.4, 0.5) is 0 Å². The average molecular weight is 325 g/mol. The molecular weight excluding hydrogens is 301 g/mol. The molecular formula is C16H24NO4P. The predicted molar refractivity (Wildman–Crippen MR) is 88.3 cm³/mol. The Morgan fingerprint density at radius 1 is 1.36 bits per heavy atom. The van der Waals surface area contributed by atoms with Crippen molar-refractivity contribution in [2.24, 2.45) is 11.7 Å². The maximum absolute atomic E-state index is 11.9. The molecule has 0 aliphatic carbocycles. The van der Waals surface area contributed by atoms with Gasteiger partial charge < -0.3 is 15.7 Å². The fourth-order valence-corrected chi connectivity index (χ4v) is 3.64. The molecule has 3 unspecified atom stereocenters. The van der Waals surface area contributed by atoms with E-state index in [1.165, 1.54) is 6.92 Å². The molecule has 4 N–H and O–H groups in total. The summed E-state index contributed by atoms with van der Waals surface area (Å²) in [6.07, 6.45) is 4.84. The molecule has 1 aromatic carbocycles. The van der Waals surface area contributed by atoms with Crippen LogP contribution in [0.3, 0.4) is 0 Å². The molecule has 0 amide bonds. The van der Waals surface area contributed by atoms with Crippen LogP contribution in [0.15, 0.2) is 42.5 Å². The van der Waals surface area contributed by atoms with E-state index in [-0.39, 0.29) is 19.4 Å². The third-order valence-corrected chi connectivity index (χ3v) is 5.80. The molecule has 0 spiro atoms. The number of aliphatic carboxylic acids is 1. The van der Waals surface area contributed by atoms with E-state index in [9.17, 15) is 19.4 Å². The Bertz CT molecular complexity index is 532. The van der Waals surface area contributed by atoms with Gasteiger partial charge in [-0.3, -0.25) is 9.36 Å². The molecule has 3 atom stereocenters. The van der Waals surface area contributed by atoms with Crippen molar-refractivity contribution in [1.82, 2.24) is 0 Å². The number of carboxylic acid groups (broad SMARTS) is 1. The Labute approximate surface area is 131 Å². The maximum atomic E-state index is 11.9. The van der Waals surface area contributed by atoms with Gasteiger partial charge in [-0.25, -0.2) is 0 Å². The lowest BCUT2D eigenvalue weighted by Gasteiger charge is -2.33. The molecule has 0 radical (unpaired) electrons. The van der Waals surface area contributed by atoms with Crippen LogP contribution < -0.4 is 5.73 Å². The number of hydrogen-bond acceptors (Lipinski definition) is 3. The van der Waals surface area contributed by atoms with E-state index >= 15 is 0 Å². The quantitative estimate of drug-likeness (QED) is 0.478. The fourth-order valence-electron chi connectivity index (χ4n) is 2.50. The van der Waals surface area contributed by atoms with Crippen LogP contribution in [0.25, 0.3) is 0 Å². The summed E-state index contributed by atoms with van der Waals surface area (Å²) in [5, 5.41) is 8.05. The fraction of sp³-hybridized carbons (Fsp3) is 0.438. The molecule has 1 rings (SSSR count). The SMILES string of the molecule is CC(C(=O)O)C(CC=CCc1ccccc1)(CCN)[PH](=O)O. The number of carbonyl (C=O) groups is 1. The molecule has 0 saturated carbocycles. The molecule has 5 nitrogen and oxygen atoms in total. The summed E-state index contributed by atoms with van der Waals surface area (Å²) in [4.78, 5) is 21.0. The Hall–Kier alpha value is -1.42. The van der Waals surface area contributed by atoms with Gasteiger partial charge in [-0.15, -0.1) is 0 Å². The second kappa shape index (κ2) is 8.89. The van der Waals surface area contributed by atoms with Gasteiger partial charge in [-0.1, -0.05) is 49.4 Å². The largest absolute Gasteiger partial charge is 0.481 e. The van der Waals surface area contributed by atoms with Crippen LogP contribution in [0, 0.1) is 5.92 Å². The number of benzene rings is 1. The molecule has 0 saturated heterocycles. The Balaban J connectivity index is 2.84. The lowest BCUT2D eigenvalue weighted by atomic mass is 9.86. The van der Waals surface area contributed by atoms with Crippen LogP contribution in [0.2, 0.25) is 0 Å². The summed E-state index contributed by atoms with van der Waals surface area (Å²) in [5.74, 6) is -1.99. The van der Waals surface area contributed by atoms with Crippen molar-refractivity contribution in [1.29, 1.82) is 0 Å². The normalized spacial score (nSPS) is 17.0. The van der Waals surface area contributed by atoms with Crippen molar-refractivity contribution in [2.45, 2.75) is 31.3 Å². The van der Waals surface area contributed by atoms with Gasteiger partial charge in [-0.2, -0.15) is 0 Å². The summed E-state index contributed by atoms with van der Waals surface area (Å²) in [6, 6.07) is 9.81. The first-order chi connectivity index (χ1) is 10.4. The highest BCUT2D eigenvalue weighted by atomic mass is 31.1. The van der Waals surface area contributed by atoms with Crippen molar-refractivity contribution in [3.63, 3.8) is 0 Å². The van der Waals surface area contributed by atoms with E-state index in [0.29, 0.717) is 6.42 Å². The van der Waals surface area contributed by atoms with E-state index in [0.717, 1.165) is 5.56 Å². The maximum Gasteiger partial charge on any atom is 0.307 e. The monoisotopic (exact) mass is 325 g/mol. The van der Waals surface area contributed by atoms with Crippen molar-refractivity contribution >= 4 is 14.0 Å². The number of hydrogen-bond donors (Lipinski definition) is 3. The molecule has 0 heterocycles. The minimum atomic E-state index is -3.05. The van der Waals surface area contributed by atoms with Crippen LogP contribution in [0.5, 0.6) is 0 Å². The van der Waals surface area contributed by atoms with E-state index in [4.69, 9.17) is 5.73 Å². The first kappa shape index (κ1) is 18.6. The standard InChI is InChI=1S/C16H24NO4P/c1-13(15(18)19)16(11-12-17,22(20)21)10-6-5-9-14-7-3-2-4-8-14/h2-8,13,22H,9-12,17H2,1H3,(H,18,19)(H,20,21). The molecule has 0 fully saturated rings. The smallest absolute Gasteiger partial charge is 0.307 e. The first-order valence-corrected chi connectivity index (χ1v) is 8.65. The minimum absolute atomic E-state index is 0.182. The lowest BCUT2D eigenvalue weighted by molar-refractivity contribution is -0.142. The second-order valence-corrected chi connectivity index (χ2v) is 7.03. The number of carboxylic acids is 1. The van der Waals surface area contributed by atoms with E-state index in [1.807, 2.05) is 36.4 Å². The van der Waals surface area contributed by atoms with E-state index in [1.54, 1.807) is 6.08 Å². The Morgan fingerprint density at radius 3 is 2.50 bits per heavy atom. The number of allylic oxidation sites excluding steroid dienone is 2. The zero-order chi connectivity index (χ0) is 16.6. The molecule has 6 heteroatoms. The highest BCUT2D eigenvalue weighted by Gasteiger charge is 2.43. The molecule has 0 aliphatic heterocycles. The van der Waals surface area contributed by atoms with Crippen LogP contribution in [0.1, 0.15) is 25.3 Å². The summed E-state index contributed by atoms with van der Waals surface area (Å²) >= 11 is 0. The van der Waals surface area contributed by atoms with Gasteiger partial charge in [0.25, 0.3) is 0 Å². The summed E-state index contributed by atoms with van der Waals surface area (Å²) < 4.78 is 11.9. The summed E-state index contributed by atoms with van der Waals surface area (Å²) in [5.41, 5.74) is 6.67. The zero-order valence-corrected chi connectivity index (χ0v) is 13.7. The first-order valence-electron chi connectivity index (χ1n) is 7.29. The minimum Gasteiger partial charge on any atom is -0.481 e. The molecule has 1 aromatic rings. The van der Waals surface area contributed by atoms with Crippen molar-refractivity contribution < 1.29 is 19.4 Å². The highest BCUT2D eigenvalue weighted by molar-refractivity contribution is 7.40. The van der Waals surface area contributed by atoms with E-state index < -0.39 is 25.1 Å². The summed E-state index contributed by atoms with van der Waals surface area (Å²) in [7, 11) is -3.05. The molecule has 122 valence electrons. The van der Waals surface area contributed by atoms with Crippen LogP contribution in [-0.4, -0.2) is 27.7 Å². The highest BCUT2D eigenvalue weighted by Crippen LogP contribution is 2.47. The molecule has 0 aromatic heterocycles. The van der Waals surface area contributed by atoms with Gasteiger partial charge in [0, 0.05) is 0 Å². The topological polar surface area (TPSA) is 101 Å².